The van der Waals surface area contributed by atoms with Gasteiger partial charge >= 0.3 is 0 Å². The maximum Gasteiger partial charge on any atom is 0.264 e. The van der Waals surface area contributed by atoms with Gasteiger partial charge in [0.05, 0.1) is 5.69 Å². The molecule has 30 heavy (non-hydrogen) atoms. The summed E-state index contributed by atoms with van der Waals surface area (Å²) in [5, 5.41) is 0. The van der Waals surface area contributed by atoms with Crippen LogP contribution in [0.15, 0.2) is 54.6 Å². The molecule has 0 spiro atoms. The lowest BCUT2D eigenvalue weighted by Gasteiger charge is -2.38. The molecule has 0 radical (unpaired) electrons. The fourth-order valence-electron chi connectivity index (χ4n) is 4.07. The van der Waals surface area contributed by atoms with Gasteiger partial charge in [-0.3, -0.25) is 4.79 Å². The quantitative estimate of drug-likeness (QED) is 0.710. The highest BCUT2D eigenvalue weighted by molar-refractivity contribution is 5.98. The number of nitrogens with two attached hydrogens (primary N) is 1. The zero-order chi connectivity index (χ0) is 20.9. The van der Waals surface area contributed by atoms with Crippen molar-refractivity contribution in [2.45, 2.75) is 24.8 Å². The van der Waals surface area contributed by atoms with Crippen LogP contribution in [0.3, 0.4) is 0 Å². The Labute approximate surface area is 174 Å². The SMILES string of the molecule is CN1C(=O)COc2nc(-c3ccc(C4(N)CCC4)cc3)c(-c3ccc(F)cc3)cc21. The van der Waals surface area contributed by atoms with E-state index in [9.17, 15) is 9.18 Å². The van der Waals surface area contributed by atoms with Crippen LogP contribution in [0.4, 0.5) is 10.1 Å². The number of carbonyl (C=O) groups excluding carboxylic acids is 1. The van der Waals surface area contributed by atoms with Crippen molar-refractivity contribution in [2.24, 2.45) is 5.73 Å². The molecule has 2 aromatic carbocycles. The summed E-state index contributed by atoms with van der Waals surface area (Å²) in [6.07, 6.45) is 3.15. The van der Waals surface area contributed by atoms with Crippen molar-refractivity contribution in [1.29, 1.82) is 0 Å². The van der Waals surface area contributed by atoms with Crippen molar-refractivity contribution < 1.29 is 13.9 Å². The van der Waals surface area contributed by atoms with E-state index in [0.29, 0.717) is 17.3 Å². The Kier molecular flexibility index (Phi) is 4.33. The van der Waals surface area contributed by atoms with Crippen LogP contribution in [0.1, 0.15) is 24.8 Å². The topological polar surface area (TPSA) is 68.5 Å². The summed E-state index contributed by atoms with van der Waals surface area (Å²) in [7, 11) is 1.70. The van der Waals surface area contributed by atoms with Gasteiger partial charge in [0.2, 0.25) is 5.88 Å². The summed E-state index contributed by atoms with van der Waals surface area (Å²) >= 11 is 0. The van der Waals surface area contributed by atoms with Gasteiger partial charge in [-0.05, 0) is 48.6 Å². The molecule has 2 aliphatic rings. The first-order chi connectivity index (χ1) is 14.4. The van der Waals surface area contributed by atoms with Gasteiger partial charge in [-0.1, -0.05) is 36.4 Å². The van der Waals surface area contributed by atoms with Gasteiger partial charge in [0.1, 0.15) is 11.5 Å². The Morgan fingerprint density at radius 1 is 1.07 bits per heavy atom. The van der Waals surface area contributed by atoms with Gasteiger partial charge in [-0.2, -0.15) is 0 Å². The van der Waals surface area contributed by atoms with Crippen molar-refractivity contribution in [3.63, 3.8) is 0 Å². The Morgan fingerprint density at radius 2 is 1.73 bits per heavy atom. The molecule has 1 aliphatic carbocycles. The number of hydrogen-bond acceptors (Lipinski definition) is 4. The molecule has 3 aromatic rings. The first kappa shape index (κ1) is 18.8. The van der Waals surface area contributed by atoms with E-state index >= 15 is 0 Å². The van der Waals surface area contributed by atoms with Gasteiger partial charge < -0.3 is 15.4 Å². The Balaban J connectivity index is 1.64. The molecule has 6 heteroatoms. The average molecular weight is 403 g/mol. The highest BCUT2D eigenvalue weighted by Crippen LogP contribution is 2.42. The van der Waals surface area contributed by atoms with Crippen LogP contribution in [0.25, 0.3) is 22.4 Å². The van der Waals surface area contributed by atoms with Crippen LogP contribution in [-0.2, 0) is 10.3 Å². The van der Waals surface area contributed by atoms with Crippen molar-refractivity contribution in [3.8, 4) is 28.3 Å². The largest absolute Gasteiger partial charge is 0.466 e. The number of carbonyl (C=O) groups is 1. The maximum absolute atomic E-state index is 13.5. The fraction of sp³-hybridized carbons (Fsp3) is 0.250. The van der Waals surface area contributed by atoms with E-state index in [1.54, 1.807) is 24.1 Å². The van der Waals surface area contributed by atoms with Gasteiger partial charge in [0, 0.05) is 23.7 Å². The number of anilines is 1. The number of rotatable bonds is 3. The molecule has 5 rings (SSSR count). The highest BCUT2D eigenvalue weighted by atomic mass is 19.1. The van der Waals surface area contributed by atoms with E-state index in [4.69, 9.17) is 15.5 Å². The molecule has 2 heterocycles. The molecule has 0 saturated heterocycles. The molecule has 0 unspecified atom stereocenters. The summed E-state index contributed by atoms with van der Waals surface area (Å²) in [6.45, 7) is -0.0412. The van der Waals surface area contributed by atoms with Gasteiger partial charge in [-0.25, -0.2) is 9.37 Å². The standard InChI is InChI=1S/C24H22FN3O2/c1-28-20-13-19(15-5-9-18(25)10-6-15)22(27-23(20)30-14-21(28)29)16-3-7-17(8-4-16)24(26)11-2-12-24/h3-10,13H,2,11-12,14,26H2,1H3. The molecule has 0 atom stereocenters. The van der Waals surface area contributed by atoms with Crippen LogP contribution in [0.2, 0.25) is 0 Å². The van der Waals surface area contributed by atoms with E-state index < -0.39 is 0 Å². The predicted octanol–water partition coefficient (Wildman–Crippen LogP) is 4.25. The molecular weight excluding hydrogens is 381 g/mol. The second-order valence-corrected chi connectivity index (χ2v) is 8.04. The van der Waals surface area contributed by atoms with Crippen LogP contribution >= 0.6 is 0 Å². The van der Waals surface area contributed by atoms with E-state index in [1.165, 1.54) is 12.1 Å². The number of halogens is 1. The number of amides is 1. The molecule has 1 aliphatic heterocycles. The number of nitrogens with zero attached hydrogens (tertiary/aromatic N) is 2. The summed E-state index contributed by atoms with van der Waals surface area (Å²) in [4.78, 5) is 18.4. The molecule has 1 saturated carbocycles. The molecule has 152 valence electrons. The Morgan fingerprint density at radius 3 is 2.37 bits per heavy atom. The first-order valence-electron chi connectivity index (χ1n) is 10.0. The van der Waals surface area contributed by atoms with Crippen LogP contribution in [0, 0.1) is 5.82 Å². The van der Waals surface area contributed by atoms with E-state index in [-0.39, 0.29) is 23.9 Å². The normalized spacial score (nSPS) is 17.2. The molecular formula is C24H22FN3O2. The predicted molar refractivity (Wildman–Crippen MR) is 114 cm³/mol. The monoisotopic (exact) mass is 403 g/mol. The molecule has 1 aromatic heterocycles. The third-order valence-corrected chi connectivity index (χ3v) is 6.17. The zero-order valence-electron chi connectivity index (χ0n) is 16.7. The van der Waals surface area contributed by atoms with E-state index in [1.807, 2.05) is 18.2 Å². The third-order valence-electron chi connectivity index (χ3n) is 6.17. The van der Waals surface area contributed by atoms with E-state index in [2.05, 4.69) is 12.1 Å². The minimum absolute atomic E-state index is 0.0412. The van der Waals surface area contributed by atoms with Gasteiger partial charge in [0.25, 0.3) is 5.91 Å². The summed E-state index contributed by atoms with van der Waals surface area (Å²) in [6, 6.07) is 16.3. The fourth-order valence-corrected chi connectivity index (χ4v) is 4.07. The first-order valence-corrected chi connectivity index (χ1v) is 10.0. The van der Waals surface area contributed by atoms with Crippen molar-refractivity contribution >= 4 is 11.6 Å². The zero-order valence-corrected chi connectivity index (χ0v) is 16.7. The van der Waals surface area contributed by atoms with Crippen LogP contribution < -0.4 is 15.4 Å². The lowest BCUT2D eigenvalue weighted by Crippen LogP contribution is -2.43. The lowest BCUT2D eigenvalue weighted by atomic mass is 9.72. The third kappa shape index (κ3) is 3.04. The Bertz CT molecular complexity index is 1120. The molecule has 1 fully saturated rings. The molecule has 5 nitrogen and oxygen atoms in total. The number of likely N-dealkylation sites (N-methyl/N-ethyl adjacent to an activating group) is 1. The van der Waals surface area contributed by atoms with Crippen molar-refractivity contribution in [2.75, 3.05) is 18.6 Å². The number of aromatic nitrogens is 1. The molecule has 0 bridgehead atoms. The second kappa shape index (κ2) is 6.92. The van der Waals surface area contributed by atoms with Gasteiger partial charge in [0.15, 0.2) is 6.61 Å². The maximum atomic E-state index is 13.5. The smallest absolute Gasteiger partial charge is 0.264 e. The number of hydrogen-bond donors (Lipinski definition) is 1. The summed E-state index contributed by atoms with van der Waals surface area (Å²) < 4.78 is 19.1. The minimum atomic E-state index is -0.306. The number of fused-ring (bicyclic) bond motifs is 1. The van der Waals surface area contributed by atoms with Crippen LogP contribution in [0.5, 0.6) is 5.88 Å². The lowest BCUT2D eigenvalue weighted by molar-refractivity contribution is -0.121. The second-order valence-electron chi connectivity index (χ2n) is 8.04. The molecule has 1 amide bonds. The van der Waals surface area contributed by atoms with Crippen LogP contribution in [-0.4, -0.2) is 24.5 Å². The highest BCUT2D eigenvalue weighted by Gasteiger charge is 2.34. The van der Waals surface area contributed by atoms with Crippen molar-refractivity contribution in [3.05, 3.63) is 66.0 Å². The van der Waals surface area contributed by atoms with Crippen molar-refractivity contribution in [1.82, 2.24) is 4.98 Å². The number of benzene rings is 2. The number of pyridine rings is 1. The minimum Gasteiger partial charge on any atom is -0.466 e. The Hall–Kier alpha value is -3.25. The summed E-state index contributed by atoms with van der Waals surface area (Å²) in [5.74, 6) is -0.0310. The van der Waals surface area contributed by atoms with Gasteiger partial charge in [-0.15, -0.1) is 0 Å². The molecule has 2 N–H and O–H groups in total. The average Bonchev–Trinajstić information content (AvgIpc) is 2.75. The summed E-state index contributed by atoms with van der Waals surface area (Å²) in [5.41, 5.74) is 11.2. The number of ether oxygens (including phenoxy) is 1. The van der Waals surface area contributed by atoms with E-state index in [0.717, 1.165) is 41.5 Å².